The van der Waals surface area contributed by atoms with Crippen molar-refractivity contribution >= 4 is 23.7 Å². The van der Waals surface area contributed by atoms with Gasteiger partial charge in [0, 0.05) is 17.2 Å². The van der Waals surface area contributed by atoms with Crippen LogP contribution in [0.2, 0.25) is 0 Å². The van der Waals surface area contributed by atoms with Crippen molar-refractivity contribution in [2.24, 2.45) is 5.10 Å². The number of nitrogens with one attached hydrogen (secondary N) is 1. The van der Waals surface area contributed by atoms with E-state index < -0.39 is 18.5 Å². The van der Waals surface area contributed by atoms with Gasteiger partial charge in [-0.2, -0.15) is 5.10 Å². The van der Waals surface area contributed by atoms with Crippen LogP contribution >= 0.6 is 0 Å². The lowest BCUT2D eigenvalue weighted by Gasteiger charge is -2.08. The van der Waals surface area contributed by atoms with E-state index in [1.807, 2.05) is 60.7 Å². The van der Waals surface area contributed by atoms with Gasteiger partial charge in [0.2, 0.25) is 6.79 Å². The molecule has 1 aliphatic heterocycles. The van der Waals surface area contributed by atoms with Crippen molar-refractivity contribution in [2.75, 3.05) is 13.4 Å². The van der Waals surface area contributed by atoms with Gasteiger partial charge < -0.3 is 14.2 Å². The van der Waals surface area contributed by atoms with Crippen LogP contribution in [0.15, 0.2) is 90.0 Å². The fourth-order valence-electron chi connectivity index (χ4n) is 3.00. The first kappa shape index (κ1) is 20.9. The number of carbonyl (C=O) groups is 2. The largest absolute Gasteiger partial charge is 0.454 e. The van der Waals surface area contributed by atoms with Gasteiger partial charge in [-0.05, 0) is 23.8 Å². The maximum Gasteiger partial charge on any atom is 0.331 e. The van der Waals surface area contributed by atoms with Crippen molar-refractivity contribution in [2.45, 2.75) is 0 Å². The molecule has 0 aromatic heterocycles. The zero-order chi connectivity index (χ0) is 22.2. The predicted octanol–water partition coefficient (Wildman–Crippen LogP) is 3.54. The number of benzene rings is 3. The predicted molar refractivity (Wildman–Crippen MR) is 119 cm³/mol. The van der Waals surface area contributed by atoms with Crippen molar-refractivity contribution in [3.8, 4) is 11.5 Å². The molecule has 160 valence electrons. The standard InChI is InChI=1S/C25H20N2O5/c28-23(16-30-24(29)14-12-18-11-13-21-22(15-18)32-17-31-21)26-27-25(19-7-3-1-4-8-19)20-9-5-2-6-10-20/h1-15H,16-17H2,(H,26,28)/b14-12+. The first-order chi connectivity index (χ1) is 15.7. The zero-order valence-electron chi connectivity index (χ0n) is 17.1. The lowest BCUT2D eigenvalue weighted by atomic mass is 10.0. The number of carbonyl (C=O) groups excluding carboxylic acids is 2. The van der Waals surface area contributed by atoms with Crippen LogP contribution in [0.5, 0.6) is 11.5 Å². The molecule has 32 heavy (non-hydrogen) atoms. The van der Waals surface area contributed by atoms with Crippen LogP contribution in [0.3, 0.4) is 0 Å². The molecule has 7 nitrogen and oxygen atoms in total. The number of esters is 1. The Hall–Kier alpha value is -4.39. The Balaban J connectivity index is 1.34. The molecule has 0 radical (unpaired) electrons. The van der Waals surface area contributed by atoms with Gasteiger partial charge in [0.05, 0.1) is 5.71 Å². The molecule has 3 aromatic rings. The van der Waals surface area contributed by atoms with Crippen molar-refractivity contribution in [1.82, 2.24) is 5.43 Å². The van der Waals surface area contributed by atoms with E-state index in [9.17, 15) is 9.59 Å². The van der Waals surface area contributed by atoms with E-state index in [1.165, 1.54) is 6.08 Å². The van der Waals surface area contributed by atoms with Crippen LogP contribution in [0.4, 0.5) is 0 Å². The fraction of sp³-hybridized carbons (Fsp3) is 0.0800. The van der Waals surface area contributed by atoms with E-state index in [0.717, 1.165) is 16.7 Å². The van der Waals surface area contributed by atoms with Gasteiger partial charge in [0.1, 0.15) is 0 Å². The summed E-state index contributed by atoms with van der Waals surface area (Å²) in [5.74, 6) is 0.0880. The molecule has 0 fully saturated rings. The Bertz CT molecular complexity index is 1120. The van der Waals surface area contributed by atoms with E-state index in [4.69, 9.17) is 14.2 Å². The van der Waals surface area contributed by atoms with Crippen LogP contribution in [-0.4, -0.2) is 31.0 Å². The third-order valence-corrected chi connectivity index (χ3v) is 4.54. The number of amides is 1. The molecular formula is C25H20N2O5. The number of nitrogens with zero attached hydrogens (tertiary/aromatic N) is 1. The van der Waals surface area contributed by atoms with Gasteiger partial charge >= 0.3 is 5.97 Å². The Morgan fingerprint density at radius 1 is 0.906 bits per heavy atom. The van der Waals surface area contributed by atoms with E-state index in [2.05, 4.69) is 10.5 Å². The molecule has 1 N–H and O–H groups in total. The normalized spacial score (nSPS) is 11.8. The van der Waals surface area contributed by atoms with Crippen LogP contribution in [0.1, 0.15) is 16.7 Å². The first-order valence-corrected chi connectivity index (χ1v) is 9.91. The highest BCUT2D eigenvalue weighted by molar-refractivity contribution is 6.13. The fourth-order valence-corrected chi connectivity index (χ4v) is 3.00. The summed E-state index contributed by atoms with van der Waals surface area (Å²) in [6.45, 7) is -0.275. The van der Waals surface area contributed by atoms with E-state index in [1.54, 1.807) is 24.3 Å². The highest BCUT2D eigenvalue weighted by Crippen LogP contribution is 2.32. The summed E-state index contributed by atoms with van der Waals surface area (Å²) in [5, 5.41) is 4.25. The molecule has 1 heterocycles. The number of hydrogen-bond acceptors (Lipinski definition) is 6. The monoisotopic (exact) mass is 428 g/mol. The number of hydrazone groups is 1. The summed E-state index contributed by atoms with van der Waals surface area (Å²) in [6, 6.07) is 24.3. The van der Waals surface area contributed by atoms with Gasteiger partial charge in [-0.25, -0.2) is 10.2 Å². The molecule has 1 aliphatic rings. The Kier molecular flexibility index (Phi) is 6.57. The van der Waals surface area contributed by atoms with Gasteiger partial charge in [-0.3, -0.25) is 4.79 Å². The molecule has 0 atom stereocenters. The number of fused-ring (bicyclic) bond motifs is 1. The first-order valence-electron chi connectivity index (χ1n) is 9.91. The summed E-state index contributed by atoms with van der Waals surface area (Å²) in [5.41, 5.74) is 5.50. The summed E-state index contributed by atoms with van der Waals surface area (Å²) < 4.78 is 15.5. The number of hydrogen-bond donors (Lipinski definition) is 1. The Morgan fingerprint density at radius 2 is 1.56 bits per heavy atom. The van der Waals surface area contributed by atoms with Crippen LogP contribution in [0.25, 0.3) is 6.08 Å². The molecule has 7 heteroatoms. The summed E-state index contributed by atoms with van der Waals surface area (Å²) in [6.07, 6.45) is 2.82. The number of ether oxygens (including phenoxy) is 3. The van der Waals surface area contributed by atoms with Crippen molar-refractivity contribution in [3.05, 3.63) is 102 Å². The minimum Gasteiger partial charge on any atom is -0.454 e. The van der Waals surface area contributed by atoms with Crippen molar-refractivity contribution in [3.63, 3.8) is 0 Å². The molecule has 0 saturated carbocycles. The highest BCUT2D eigenvalue weighted by atomic mass is 16.7. The van der Waals surface area contributed by atoms with E-state index in [0.29, 0.717) is 17.2 Å². The Morgan fingerprint density at radius 3 is 2.25 bits per heavy atom. The quantitative estimate of drug-likeness (QED) is 0.269. The molecule has 0 spiro atoms. The lowest BCUT2D eigenvalue weighted by Crippen LogP contribution is -2.26. The second-order valence-corrected chi connectivity index (χ2v) is 6.78. The number of rotatable bonds is 7. The maximum absolute atomic E-state index is 12.2. The molecule has 3 aromatic carbocycles. The van der Waals surface area contributed by atoms with Gasteiger partial charge in [-0.15, -0.1) is 0 Å². The topological polar surface area (TPSA) is 86.2 Å². The van der Waals surface area contributed by atoms with Crippen LogP contribution < -0.4 is 14.9 Å². The van der Waals surface area contributed by atoms with Crippen molar-refractivity contribution in [1.29, 1.82) is 0 Å². The molecule has 1 amide bonds. The summed E-state index contributed by atoms with van der Waals surface area (Å²) >= 11 is 0. The third kappa shape index (κ3) is 5.40. The van der Waals surface area contributed by atoms with Crippen molar-refractivity contribution < 1.29 is 23.8 Å². The van der Waals surface area contributed by atoms with Crippen LogP contribution in [0, 0.1) is 0 Å². The Labute approximate surface area is 184 Å². The third-order valence-electron chi connectivity index (χ3n) is 4.54. The molecule has 4 rings (SSSR count). The average molecular weight is 428 g/mol. The van der Waals surface area contributed by atoms with E-state index in [-0.39, 0.29) is 6.79 Å². The summed E-state index contributed by atoms with van der Waals surface area (Å²) in [4.78, 5) is 24.1. The minimum atomic E-state index is -0.645. The lowest BCUT2D eigenvalue weighted by molar-refractivity contribution is -0.143. The second-order valence-electron chi connectivity index (χ2n) is 6.78. The molecule has 0 unspecified atom stereocenters. The summed E-state index contributed by atoms with van der Waals surface area (Å²) in [7, 11) is 0. The van der Waals surface area contributed by atoms with Gasteiger partial charge in [0.15, 0.2) is 18.1 Å². The highest BCUT2D eigenvalue weighted by Gasteiger charge is 2.13. The molecule has 0 aliphatic carbocycles. The van der Waals surface area contributed by atoms with Gasteiger partial charge in [-0.1, -0.05) is 66.7 Å². The average Bonchev–Trinajstić information content (AvgIpc) is 3.31. The molecule has 0 bridgehead atoms. The zero-order valence-corrected chi connectivity index (χ0v) is 17.1. The maximum atomic E-state index is 12.2. The second kappa shape index (κ2) is 10.1. The smallest absolute Gasteiger partial charge is 0.331 e. The molecule has 0 saturated heterocycles. The molecular weight excluding hydrogens is 408 g/mol. The van der Waals surface area contributed by atoms with Gasteiger partial charge in [0.25, 0.3) is 5.91 Å². The van der Waals surface area contributed by atoms with Crippen LogP contribution in [-0.2, 0) is 14.3 Å². The SMILES string of the molecule is O=C(COC(=O)/C=C/c1ccc2c(c1)OCO2)NN=C(c1ccccc1)c1ccccc1. The van der Waals surface area contributed by atoms with E-state index >= 15 is 0 Å². The minimum absolute atomic E-state index is 0.179.